The maximum atomic E-state index is 5.67. The average Bonchev–Trinajstić information content (AvgIpc) is 2.77. The molecule has 1 aromatic carbocycles. The monoisotopic (exact) mass is 266 g/mol. The number of alkyl halides is 1. The lowest BCUT2D eigenvalue weighted by Gasteiger charge is -2.17. The minimum absolute atomic E-state index is 0.603. The van der Waals surface area contributed by atoms with E-state index < -0.39 is 0 Å². The van der Waals surface area contributed by atoms with Crippen LogP contribution in [0.15, 0.2) is 12.1 Å². The molecule has 4 nitrogen and oxygen atoms in total. The molecule has 1 aliphatic rings. The van der Waals surface area contributed by atoms with Crippen LogP contribution in [0.3, 0.4) is 0 Å². The van der Waals surface area contributed by atoms with Gasteiger partial charge in [-0.25, -0.2) is 4.98 Å². The summed E-state index contributed by atoms with van der Waals surface area (Å²) in [5.41, 5.74) is 1.93. The number of aromatic nitrogens is 2. The number of rotatable bonds is 4. The van der Waals surface area contributed by atoms with Crippen LogP contribution in [-0.4, -0.2) is 29.1 Å². The number of aryl methyl sites for hydroxylation is 1. The summed E-state index contributed by atoms with van der Waals surface area (Å²) in [5.74, 6) is 3.28. The molecule has 5 heteroatoms. The van der Waals surface area contributed by atoms with Crippen LogP contribution in [-0.2, 0) is 6.42 Å². The Morgan fingerprint density at radius 3 is 2.72 bits per heavy atom. The van der Waals surface area contributed by atoms with E-state index in [0.29, 0.717) is 19.1 Å². The van der Waals surface area contributed by atoms with Crippen molar-refractivity contribution in [1.82, 2.24) is 9.97 Å². The van der Waals surface area contributed by atoms with E-state index in [9.17, 15) is 0 Å². The van der Waals surface area contributed by atoms with Crippen LogP contribution >= 0.6 is 11.6 Å². The first kappa shape index (κ1) is 11.7. The Labute approximate surface area is 110 Å². The summed E-state index contributed by atoms with van der Waals surface area (Å²) >= 11 is 5.67. The summed E-state index contributed by atoms with van der Waals surface area (Å²) in [6.07, 6.45) is 2.99. The fraction of sp³-hybridized carbons (Fsp3) is 0.462. The molecule has 96 valence electrons. The second-order valence-corrected chi connectivity index (χ2v) is 4.72. The van der Waals surface area contributed by atoms with Crippen molar-refractivity contribution in [2.75, 3.05) is 19.1 Å². The fourth-order valence-electron chi connectivity index (χ4n) is 2.10. The first-order chi connectivity index (χ1) is 8.86. The molecule has 18 heavy (non-hydrogen) atoms. The minimum Gasteiger partial charge on any atom is -0.486 e. The summed E-state index contributed by atoms with van der Waals surface area (Å²) in [5, 5.41) is 0. The molecule has 0 radical (unpaired) electrons. The van der Waals surface area contributed by atoms with Gasteiger partial charge in [0.05, 0.1) is 11.0 Å². The van der Waals surface area contributed by atoms with Crippen LogP contribution in [0, 0.1) is 0 Å². The van der Waals surface area contributed by atoms with E-state index in [1.54, 1.807) is 0 Å². The number of hydrogen-bond acceptors (Lipinski definition) is 3. The SMILES string of the molecule is ClCCCCc1nc2cc3c(cc2[nH]1)OCCO3. The molecule has 0 saturated heterocycles. The Balaban J connectivity index is 1.87. The van der Waals surface area contributed by atoms with E-state index in [-0.39, 0.29) is 0 Å². The molecule has 1 N–H and O–H groups in total. The number of unbranched alkanes of at least 4 members (excludes halogenated alkanes) is 1. The van der Waals surface area contributed by atoms with E-state index >= 15 is 0 Å². The number of halogens is 1. The third kappa shape index (κ3) is 2.25. The van der Waals surface area contributed by atoms with Gasteiger partial charge in [0, 0.05) is 24.4 Å². The van der Waals surface area contributed by atoms with Crippen molar-refractivity contribution in [1.29, 1.82) is 0 Å². The van der Waals surface area contributed by atoms with Crippen molar-refractivity contribution in [3.63, 3.8) is 0 Å². The third-order valence-electron chi connectivity index (χ3n) is 2.99. The highest BCUT2D eigenvalue weighted by molar-refractivity contribution is 6.17. The summed E-state index contributed by atoms with van der Waals surface area (Å²) in [7, 11) is 0. The molecular formula is C13H15ClN2O2. The van der Waals surface area contributed by atoms with Gasteiger partial charge < -0.3 is 14.5 Å². The van der Waals surface area contributed by atoms with Gasteiger partial charge in [-0.05, 0) is 12.8 Å². The van der Waals surface area contributed by atoms with Gasteiger partial charge in [-0.15, -0.1) is 11.6 Å². The van der Waals surface area contributed by atoms with Gasteiger partial charge in [-0.1, -0.05) is 0 Å². The predicted molar refractivity (Wildman–Crippen MR) is 70.7 cm³/mol. The number of nitrogens with one attached hydrogen (secondary N) is 1. The number of H-pyrrole nitrogens is 1. The zero-order chi connectivity index (χ0) is 12.4. The van der Waals surface area contributed by atoms with Crippen molar-refractivity contribution in [3.05, 3.63) is 18.0 Å². The van der Waals surface area contributed by atoms with Crippen molar-refractivity contribution in [3.8, 4) is 11.5 Å². The molecule has 0 bridgehead atoms. The first-order valence-corrected chi connectivity index (χ1v) is 6.74. The molecule has 2 aromatic rings. The van der Waals surface area contributed by atoms with Crippen molar-refractivity contribution in [2.24, 2.45) is 0 Å². The molecule has 0 atom stereocenters. The molecule has 1 aliphatic heterocycles. The zero-order valence-corrected chi connectivity index (χ0v) is 10.8. The number of benzene rings is 1. The second-order valence-electron chi connectivity index (χ2n) is 4.34. The Hall–Kier alpha value is -1.42. The lowest BCUT2D eigenvalue weighted by Crippen LogP contribution is -2.15. The predicted octanol–water partition coefficient (Wildman–Crippen LogP) is 2.90. The first-order valence-electron chi connectivity index (χ1n) is 6.21. The summed E-state index contributed by atoms with van der Waals surface area (Å²) < 4.78 is 11.1. The minimum atomic E-state index is 0.603. The molecule has 0 fully saturated rings. The molecule has 2 heterocycles. The van der Waals surface area contributed by atoms with E-state index in [1.165, 1.54) is 0 Å². The van der Waals surface area contributed by atoms with E-state index in [2.05, 4.69) is 9.97 Å². The number of hydrogen-bond donors (Lipinski definition) is 1. The maximum absolute atomic E-state index is 5.67. The zero-order valence-electron chi connectivity index (χ0n) is 10.0. The highest BCUT2D eigenvalue weighted by atomic mass is 35.5. The Morgan fingerprint density at radius 2 is 1.94 bits per heavy atom. The van der Waals surface area contributed by atoms with E-state index in [4.69, 9.17) is 21.1 Å². The quantitative estimate of drug-likeness (QED) is 0.684. The van der Waals surface area contributed by atoms with Gasteiger partial charge in [-0.3, -0.25) is 0 Å². The van der Waals surface area contributed by atoms with Crippen molar-refractivity contribution in [2.45, 2.75) is 19.3 Å². The Kier molecular flexibility index (Phi) is 3.28. The van der Waals surface area contributed by atoms with Crippen LogP contribution in [0.2, 0.25) is 0 Å². The number of aromatic amines is 1. The molecular weight excluding hydrogens is 252 g/mol. The maximum Gasteiger partial charge on any atom is 0.163 e. The van der Waals surface area contributed by atoms with Crippen LogP contribution in [0.5, 0.6) is 11.5 Å². The van der Waals surface area contributed by atoms with Crippen molar-refractivity contribution >= 4 is 22.6 Å². The smallest absolute Gasteiger partial charge is 0.163 e. The standard InChI is InChI=1S/C13H15ClN2O2/c14-4-2-1-3-13-15-9-7-11-12(8-10(9)16-13)18-6-5-17-11/h7-8H,1-6H2,(H,15,16). The lowest BCUT2D eigenvalue weighted by molar-refractivity contribution is 0.172. The van der Waals surface area contributed by atoms with Gasteiger partial charge in [0.1, 0.15) is 19.0 Å². The highest BCUT2D eigenvalue weighted by Gasteiger charge is 2.14. The average molecular weight is 267 g/mol. The van der Waals surface area contributed by atoms with Crippen LogP contribution in [0.4, 0.5) is 0 Å². The molecule has 1 aromatic heterocycles. The molecule has 0 saturated carbocycles. The van der Waals surface area contributed by atoms with E-state index in [0.717, 1.165) is 47.6 Å². The Bertz CT molecular complexity index is 510. The van der Waals surface area contributed by atoms with Crippen LogP contribution in [0.25, 0.3) is 11.0 Å². The van der Waals surface area contributed by atoms with E-state index in [1.807, 2.05) is 12.1 Å². The fourth-order valence-corrected chi connectivity index (χ4v) is 2.29. The van der Waals surface area contributed by atoms with Gasteiger partial charge in [0.15, 0.2) is 11.5 Å². The van der Waals surface area contributed by atoms with Gasteiger partial charge in [0.2, 0.25) is 0 Å². The number of fused-ring (bicyclic) bond motifs is 2. The van der Waals surface area contributed by atoms with Crippen LogP contribution in [0.1, 0.15) is 18.7 Å². The molecule has 0 amide bonds. The molecule has 0 aliphatic carbocycles. The largest absolute Gasteiger partial charge is 0.486 e. The summed E-state index contributed by atoms with van der Waals surface area (Å²) in [6, 6.07) is 3.90. The van der Waals surface area contributed by atoms with Gasteiger partial charge >= 0.3 is 0 Å². The molecule has 0 unspecified atom stereocenters. The molecule has 3 rings (SSSR count). The van der Waals surface area contributed by atoms with Gasteiger partial charge in [0.25, 0.3) is 0 Å². The second kappa shape index (κ2) is 5.06. The topological polar surface area (TPSA) is 47.1 Å². The summed E-state index contributed by atoms with van der Waals surface area (Å²) in [6.45, 7) is 1.21. The number of ether oxygens (including phenoxy) is 2. The number of imidazole rings is 1. The van der Waals surface area contributed by atoms with Crippen molar-refractivity contribution < 1.29 is 9.47 Å². The molecule has 0 spiro atoms. The van der Waals surface area contributed by atoms with Gasteiger partial charge in [-0.2, -0.15) is 0 Å². The Morgan fingerprint density at radius 1 is 1.17 bits per heavy atom. The van der Waals surface area contributed by atoms with Crippen LogP contribution < -0.4 is 9.47 Å². The highest BCUT2D eigenvalue weighted by Crippen LogP contribution is 2.33. The normalized spacial score (nSPS) is 14.1. The summed E-state index contributed by atoms with van der Waals surface area (Å²) in [4.78, 5) is 7.87. The number of nitrogens with zero attached hydrogens (tertiary/aromatic N) is 1. The lowest BCUT2D eigenvalue weighted by atomic mass is 10.2. The third-order valence-corrected chi connectivity index (χ3v) is 3.26.